The minimum Gasteiger partial charge on any atom is -0.370 e. The average molecular weight is 131 g/mol. The molecule has 0 aromatic rings. The first-order valence-electron chi connectivity index (χ1n) is 2.85. The Morgan fingerprint density at radius 3 is 2.00 bits per heavy atom. The molecule has 0 aliphatic carbocycles. The Bertz CT molecular complexity index is 92.4. The van der Waals surface area contributed by atoms with Crippen molar-refractivity contribution in [3.8, 4) is 0 Å². The number of primary amides is 1. The molecule has 0 spiro atoms. The van der Waals surface area contributed by atoms with Crippen LogP contribution in [0.2, 0.25) is 18.6 Å². The van der Waals surface area contributed by atoms with Crippen LogP contribution in [-0.4, -0.2) is 14.7 Å². The number of hydrogen-bond acceptors (Lipinski definition) is 1. The third-order valence-electron chi connectivity index (χ3n) is 1.45. The Morgan fingerprint density at radius 1 is 1.62 bits per heavy atom. The van der Waals surface area contributed by atoms with Gasteiger partial charge in [0.2, 0.25) is 5.91 Å². The van der Waals surface area contributed by atoms with Crippen molar-refractivity contribution in [2.75, 3.05) is 0 Å². The molecule has 8 heavy (non-hydrogen) atoms. The molecule has 1 atom stereocenters. The first kappa shape index (κ1) is 7.69. The van der Waals surface area contributed by atoms with Crippen LogP contribution in [0.15, 0.2) is 0 Å². The van der Waals surface area contributed by atoms with E-state index >= 15 is 0 Å². The number of rotatable bonds is 2. The predicted molar refractivity (Wildman–Crippen MR) is 37.5 cm³/mol. The second-order valence-corrected chi connectivity index (χ2v) is 5.92. The van der Waals surface area contributed by atoms with E-state index in [0.29, 0.717) is 0 Å². The molecule has 0 saturated heterocycles. The third kappa shape index (κ3) is 2.11. The molecule has 0 bridgehead atoms. The number of carbonyl (C=O) groups is 1. The van der Waals surface area contributed by atoms with Gasteiger partial charge in [0.25, 0.3) is 0 Å². The lowest BCUT2D eigenvalue weighted by Crippen LogP contribution is -2.25. The fraction of sp³-hybridized carbons (Fsp3) is 0.800. The molecule has 1 unspecified atom stereocenters. The van der Waals surface area contributed by atoms with Crippen molar-refractivity contribution in [1.29, 1.82) is 0 Å². The normalized spacial score (nSPS) is 14.0. The average Bonchev–Trinajstić information content (AvgIpc) is 1.64. The maximum absolute atomic E-state index is 10.4. The second-order valence-electron chi connectivity index (χ2n) is 2.44. The lowest BCUT2D eigenvalue weighted by Gasteiger charge is -2.07. The van der Waals surface area contributed by atoms with Gasteiger partial charge >= 0.3 is 0 Å². The van der Waals surface area contributed by atoms with Crippen LogP contribution >= 0.6 is 0 Å². The highest BCUT2D eigenvalue weighted by molar-refractivity contribution is 6.61. The summed E-state index contributed by atoms with van der Waals surface area (Å²) in [7, 11) is -0.797. The molecule has 0 aromatic carbocycles. The lowest BCUT2D eigenvalue weighted by atomic mass is 10.5. The van der Waals surface area contributed by atoms with E-state index in [4.69, 9.17) is 5.73 Å². The number of amides is 1. The van der Waals surface area contributed by atoms with Gasteiger partial charge in [0.1, 0.15) is 0 Å². The van der Waals surface area contributed by atoms with Gasteiger partial charge in [0.15, 0.2) is 0 Å². The van der Waals surface area contributed by atoms with E-state index in [0.717, 1.165) is 0 Å². The Labute approximate surface area is 51.7 Å². The molecular formula is C5H13NOSi. The Kier molecular flexibility index (Phi) is 2.75. The lowest BCUT2D eigenvalue weighted by molar-refractivity contribution is -0.117. The van der Waals surface area contributed by atoms with Gasteiger partial charge in [-0.3, -0.25) is 4.79 Å². The summed E-state index contributed by atoms with van der Waals surface area (Å²) in [6.07, 6.45) is 0. The molecule has 48 valence electrons. The zero-order valence-corrected chi connectivity index (χ0v) is 6.79. The molecule has 0 aromatic heterocycles. The maximum atomic E-state index is 10.4. The molecule has 0 heterocycles. The van der Waals surface area contributed by atoms with E-state index < -0.39 is 8.80 Å². The molecule has 3 heteroatoms. The summed E-state index contributed by atoms with van der Waals surface area (Å²) >= 11 is 0. The van der Waals surface area contributed by atoms with Gasteiger partial charge in [0.05, 0.1) is 0 Å². The molecule has 0 saturated carbocycles. The van der Waals surface area contributed by atoms with Gasteiger partial charge < -0.3 is 5.73 Å². The molecule has 0 radical (unpaired) electrons. The van der Waals surface area contributed by atoms with Crippen molar-refractivity contribution in [3.05, 3.63) is 0 Å². The summed E-state index contributed by atoms with van der Waals surface area (Å²) in [4.78, 5) is 10.4. The highest BCUT2D eigenvalue weighted by Gasteiger charge is 2.12. The van der Waals surface area contributed by atoms with Crippen LogP contribution in [0.5, 0.6) is 0 Å². The van der Waals surface area contributed by atoms with E-state index in [9.17, 15) is 4.79 Å². The topological polar surface area (TPSA) is 43.1 Å². The molecule has 0 rings (SSSR count). The van der Waals surface area contributed by atoms with Crippen molar-refractivity contribution < 1.29 is 4.79 Å². The Hall–Kier alpha value is -0.313. The number of hydrogen-bond donors (Lipinski definition) is 1. The molecule has 2 N–H and O–H groups in total. The summed E-state index contributed by atoms with van der Waals surface area (Å²) in [6, 6.07) is 0. The first-order chi connectivity index (χ1) is 3.55. The second kappa shape index (κ2) is 2.87. The quantitative estimate of drug-likeness (QED) is 0.540. The minimum atomic E-state index is -0.797. The van der Waals surface area contributed by atoms with Crippen molar-refractivity contribution in [3.63, 3.8) is 0 Å². The molecule has 0 aliphatic rings. The van der Waals surface area contributed by atoms with Gasteiger partial charge in [0, 0.05) is 14.3 Å². The van der Waals surface area contributed by atoms with Gasteiger partial charge in [-0.25, -0.2) is 0 Å². The van der Waals surface area contributed by atoms with Crippen molar-refractivity contribution in [2.45, 2.75) is 25.6 Å². The molecular weight excluding hydrogens is 118 g/mol. The summed E-state index contributed by atoms with van der Waals surface area (Å²) in [5, 5.41) is 0. The van der Waals surface area contributed by atoms with Gasteiger partial charge in [-0.2, -0.15) is 0 Å². The van der Waals surface area contributed by atoms with Crippen LogP contribution in [-0.2, 0) is 4.79 Å². The summed E-state index contributed by atoms with van der Waals surface area (Å²) in [6.45, 7) is 6.14. The van der Waals surface area contributed by atoms with Crippen molar-refractivity contribution >= 4 is 14.7 Å². The molecule has 2 nitrogen and oxygen atoms in total. The van der Waals surface area contributed by atoms with Crippen LogP contribution in [0.1, 0.15) is 6.92 Å². The highest BCUT2D eigenvalue weighted by atomic mass is 28.3. The zero-order valence-electron chi connectivity index (χ0n) is 5.64. The monoisotopic (exact) mass is 131 g/mol. The zero-order chi connectivity index (χ0) is 6.73. The first-order valence-corrected chi connectivity index (χ1v) is 5.82. The van der Waals surface area contributed by atoms with Gasteiger partial charge in [-0.05, 0) is 0 Å². The Morgan fingerprint density at radius 2 is 2.00 bits per heavy atom. The summed E-state index contributed by atoms with van der Waals surface area (Å²) < 4.78 is 0. The van der Waals surface area contributed by atoms with E-state index in [-0.39, 0.29) is 11.4 Å². The summed E-state index contributed by atoms with van der Waals surface area (Å²) in [5.74, 6) is -0.147. The molecule has 1 amide bonds. The van der Waals surface area contributed by atoms with E-state index in [1.54, 1.807) is 0 Å². The fourth-order valence-corrected chi connectivity index (χ4v) is 0.986. The molecule has 0 fully saturated rings. The van der Waals surface area contributed by atoms with E-state index in [1.807, 2.05) is 6.92 Å². The third-order valence-corrected chi connectivity index (χ3v) is 3.78. The number of carbonyl (C=O) groups excluding carboxylic acids is 1. The van der Waals surface area contributed by atoms with Gasteiger partial charge in [-0.1, -0.05) is 20.0 Å². The fourth-order valence-electron chi connectivity index (χ4n) is 0.329. The van der Waals surface area contributed by atoms with Crippen LogP contribution in [0.25, 0.3) is 0 Å². The molecule has 0 aliphatic heterocycles. The number of nitrogens with two attached hydrogens (primary N) is 1. The highest BCUT2D eigenvalue weighted by Crippen LogP contribution is 2.05. The van der Waals surface area contributed by atoms with Crippen LogP contribution < -0.4 is 5.73 Å². The van der Waals surface area contributed by atoms with E-state index in [2.05, 4.69) is 13.1 Å². The smallest absolute Gasteiger partial charge is 0.217 e. The standard InChI is InChI=1S/C5H13NOSi/c1-4(5(6)7)8(2)3/h4,8H,1-3H3,(H2,6,7). The van der Waals surface area contributed by atoms with E-state index in [1.165, 1.54) is 0 Å². The van der Waals surface area contributed by atoms with Crippen LogP contribution in [0.4, 0.5) is 0 Å². The van der Waals surface area contributed by atoms with Crippen LogP contribution in [0, 0.1) is 0 Å². The van der Waals surface area contributed by atoms with Crippen LogP contribution in [0.3, 0.4) is 0 Å². The minimum absolute atomic E-state index is 0.147. The summed E-state index contributed by atoms with van der Waals surface area (Å²) in [5.41, 5.74) is 5.18. The van der Waals surface area contributed by atoms with Crippen molar-refractivity contribution in [1.82, 2.24) is 0 Å². The predicted octanol–water partition coefficient (Wildman–Crippen LogP) is 0.348. The van der Waals surface area contributed by atoms with Crippen molar-refractivity contribution in [2.24, 2.45) is 5.73 Å². The SMILES string of the molecule is CC(C(N)=O)[SiH](C)C. The maximum Gasteiger partial charge on any atom is 0.217 e. The van der Waals surface area contributed by atoms with Gasteiger partial charge in [-0.15, -0.1) is 0 Å². The largest absolute Gasteiger partial charge is 0.370 e. The Balaban J connectivity index is 3.64.